The minimum atomic E-state index is 0.304. The van der Waals surface area contributed by atoms with Gasteiger partial charge in [-0.25, -0.2) is 0 Å². The van der Waals surface area contributed by atoms with Gasteiger partial charge in [0.1, 0.15) is 5.75 Å². The van der Waals surface area contributed by atoms with Crippen molar-refractivity contribution in [3.05, 3.63) is 65.2 Å². The van der Waals surface area contributed by atoms with Crippen molar-refractivity contribution in [2.45, 2.75) is 26.3 Å². The Morgan fingerprint density at radius 1 is 1.10 bits per heavy atom. The van der Waals surface area contributed by atoms with E-state index in [9.17, 15) is 0 Å². The van der Waals surface area contributed by atoms with Crippen molar-refractivity contribution in [2.75, 3.05) is 13.7 Å². The molecule has 0 saturated heterocycles. The van der Waals surface area contributed by atoms with E-state index in [1.807, 2.05) is 20.0 Å². The van der Waals surface area contributed by atoms with Crippen LogP contribution in [0.4, 0.5) is 0 Å². The Morgan fingerprint density at radius 2 is 1.85 bits per heavy atom. The van der Waals surface area contributed by atoms with Crippen molar-refractivity contribution in [3.63, 3.8) is 0 Å². The summed E-state index contributed by atoms with van der Waals surface area (Å²) in [7, 11) is 2.01. The molecule has 2 aromatic rings. The molecule has 0 aliphatic rings. The molecule has 0 radical (unpaired) electrons. The molecule has 1 N–H and O–H groups in total. The number of rotatable bonds is 6. The van der Waals surface area contributed by atoms with E-state index in [-0.39, 0.29) is 0 Å². The molecule has 2 aromatic carbocycles. The molecule has 0 aliphatic heterocycles. The maximum Gasteiger partial charge on any atom is 0.119 e. The Labute approximate surface area is 121 Å². The van der Waals surface area contributed by atoms with E-state index in [2.05, 4.69) is 54.7 Å². The third-order valence-electron chi connectivity index (χ3n) is 3.48. The van der Waals surface area contributed by atoms with Crippen LogP contribution in [0, 0.1) is 6.92 Å². The fourth-order valence-corrected chi connectivity index (χ4v) is 2.33. The molecule has 2 rings (SSSR count). The molecule has 0 saturated carbocycles. The predicted octanol–water partition coefficient (Wildman–Crippen LogP) is 3.90. The molecule has 0 aromatic heterocycles. The van der Waals surface area contributed by atoms with Gasteiger partial charge < -0.3 is 10.1 Å². The van der Waals surface area contributed by atoms with Gasteiger partial charge in [0.25, 0.3) is 0 Å². The summed E-state index contributed by atoms with van der Waals surface area (Å²) < 4.78 is 5.58. The van der Waals surface area contributed by atoms with Gasteiger partial charge in [-0.05, 0) is 50.6 Å². The largest absolute Gasteiger partial charge is 0.494 e. The Balaban J connectivity index is 2.15. The van der Waals surface area contributed by atoms with Crippen LogP contribution in [0.25, 0.3) is 0 Å². The van der Waals surface area contributed by atoms with Crippen molar-refractivity contribution >= 4 is 0 Å². The SMILES string of the molecule is CCOc1cccc(C(Cc2ccc(C)cc2)NC)c1. The molecule has 2 heteroatoms. The molecular weight excluding hydrogens is 246 g/mol. The lowest BCUT2D eigenvalue weighted by Crippen LogP contribution is -2.18. The summed E-state index contributed by atoms with van der Waals surface area (Å²) in [5.74, 6) is 0.939. The fraction of sp³-hybridized carbons (Fsp3) is 0.333. The number of hydrogen-bond donors (Lipinski definition) is 1. The number of likely N-dealkylation sites (N-methyl/N-ethyl adjacent to an activating group) is 1. The van der Waals surface area contributed by atoms with Gasteiger partial charge in [0, 0.05) is 6.04 Å². The summed E-state index contributed by atoms with van der Waals surface area (Å²) in [5, 5.41) is 3.40. The van der Waals surface area contributed by atoms with Crippen molar-refractivity contribution < 1.29 is 4.74 Å². The lowest BCUT2D eigenvalue weighted by molar-refractivity contribution is 0.339. The Kier molecular flexibility index (Phi) is 5.19. The van der Waals surface area contributed by atoms with E-state index in [1.54, 1.807) is 0 Å². The topological polar surface area (TPSA) is 21.3 Å². The molecule has 20 heavy (non-hydrogen) atoms. The zero-order valence-electron chi connectivity index (χ0n) is 12.5. The quantitative estimate of drug-likeness (QED) is 0.859. The van der Waals surface area contributed by atoms with Crippen LogP contribution >= 0.6 is 0 Å². The first-order valence-corrected chi connectivity index (χ1v) is 7.18. The molecular formula is C18H23NO. The van der Waals surface area contributed by atoms with E-state index in [0.717, 1.165) is 12.2 Å². The second kappa shape index (κ2) is 7.11. The normalized spacial score (nSPS) is 12.2. The summed E-state index contributed by atoms with van der Waals surface area (Å²) in [4.78, 5) is 0. The zero-order valence-corrected chi connectivity index (χ0v) is 12.5. The van der Waals surface area contributed by atoms with Gasteiger partial charge >= 0.3 is 0 Å². The predicted molar refractivity (Wildman–Crippen MR) is 84.3 cm³/mol. The highest BCUT2D eigenvalue weighted by atomic mass is 16.5. The van der Waals surface area contributed by atoms with E-state index < -0.39 is 0 Å². The molecule has 0 aliphatic carbocycles. The highest BCUT2D eigenvalue weighted by molar-refractivity contribution is 5.32. The number of aryl methyl sites for hydroxylation is 1. The molecule has 106 valence electrons. The van der Waals surface area contributed by atoms with Gasteiger partial charge in [-0.2, -0.15) is 0 Å². The average Bonchev–Trinajstić information content (AvgIpc) is 2.47. The minimum absolute atomic E-state index is 0.304. The molecule has 0 bridgehead atoms. The van der Waals surface area contributed by atoms with E-state index in [0.29, 0.717) is 12.6 Å². The maximum absolute atomic E-state index is 5.58. The first-order valence-electron chi connectivity index (χ1n) is 7.18. The first-order chi connectivity index (χ1) is 9.72. The van der Waals surface area contributed by atoms with Crippen molar-refractivity contribution in [2.24, 2.45) is 0 Å². The summed E-state index contributed by atoms with van der Waals surface area (Å²) >= 11 is 0. The molecule has 0 heterocycles. The van der Waals surface area contributed by atoms with Crippen molar-refractivity contribution in [1.29, 1.82) is 0 Å². The van der Waals surface area contributed by atoms with Gasteiger partial charge in [0.15, 0.2) is 0 Å². The summed E-state index contributed by atoms with van der Waals surface area (Å²) in [6.07, 6.45) is 0.979. The molecule has 0 spiro atoms. The van der Waals surface area contributed by atoms with E-state index >= 15 is 0 Å². The van der Waals surface area contributed by atoms with E-state index in [1.165, 1.54) is 16.7 Å². The second-order valence-electron chi connectivity index (χ2n) is 5.04. The average molecular weight is 269 g/mol. The van der Waals surface area contributed by atoms with Gasteiger partial charge in [0.05, 0.1) is 6.61 Å². The lowest BCUT2D eigenvalue weighted by atomic mass is 9.98. The Bertz CT molecular complexity index is 533. The van der Waals surface area contributed by atoms with Crippen molar-refractivity contribution in [3.8, 4) is 5.75 Å². The van der Waals surface area contributed by atoms with Crippen LogP contribution in [0.5, 0.6) is 5.75 Å². The van der Waals surface area contributed by atoms with Crippen molar-refractivity contribution in [1.82, 2.24) is 5.32 Å². The third kappa shape index (κ3) is 3.84. The second-order valence-corrected chi connectivity index (χ2v) is 5.04. The van der Waals surface area contributed by atoms with Crippen LogP contribution in [-0.4, -0.2) is 13.7 Å². The lowest BCUT2D eigenvalue weighted by Gasteiger charge is -2.18. The smallest absolute Gasteiger partial charge is 0.119 e. The standard InChI is InChI=1S/C18H23NO/c1-4-20-17-7-5-6-16(13-17)18(19-3)12-15-10-8-14(2)9-11-15/h5-11,13,18-19H,4,12H2,1-3H3. The van der Waals surface area contributed by atoms with Gasteiger partial charge in [-0.1, -0.05) is 42.0 Å². The Morgan fingerprint density at radius 3 is 2.50 bits per heavy atom. The van der Waals surface area contributed by atoms with Crippen LogP contribution in [0.3, 0.4) is 0 Å². The molecule has 1 atom stereocenters. The summed E-state index contributed by atoms with van der Waals surface area (Å²) in [5.41, 5.74) is 3.91. The number of hydrogen-bond acceptors (Lipinski definition) is 2. The minimum Gasteiger partial charge on any atom is -0.494 e. The number of nitrogens with one attached hydrogen (secondary N) is 1. The van der Waals surface area contributed by atoms with Crippen LogP contribution in [0.1, 0.15) is 29.7 Å². The third-order valence-corrected chi connectivity index (χ3v) is 3.48. The highest BCUT2D eigenvalue weighted by Gasteiger charge is 2.10. The van der Waals surface area contributed by atoms with Gasteiger partial charge in [-0.15, -0.1) is 0 Å². The Hall–Kier alpha value is -1.80. The van der Waals surface area contributed by atoms with Crippen LogP contribution in [0.2, 0.25) is 0 Å². The molecule has 1 unspecified atom stereocenters. The highest BCUT2D eigenvalue weighted by Crippen LogP contribution is 2.22. The van der Waals surface area contributed by atoms with Crippen LogP contribution in [-0.2, 0) is 6.42 Å². The monoisotopic (exact) mass is 269 g/mol. The van der Waals surface area contributed by atoms with Crippen LogP contribution in [0.15, 0.2) is 48.5 Å². The molecule has 2 nitrogen and oxygen atoms in total. The van der Waals surface area contributed by atoms with Gasteiger partial charge in [-0.3, -0.25) is 0 Å². The van der Waals surface area contributed by atoms with Crippen LogP contribution < -0.4 is 10.1 Å². The number of ether oxygens (including phenoxy) is 1. The number of benzene rings is 2. The fourth-order valence-electron chi connectivity index (χ4n) is 2.33. The maximum atomic E-state index is 5.58. The summed E-state index contributed by atoms with van der Waals surface area (Å²) in [6.45, 7) is 4.82. The molecule has 0 amide bonds. The van der Waals surface area contributed by atoms with Gasteiger partial charge in [0.2, 0.25) is 0 Å². The zero-order chi connectivity index (χ0) is 14.4. The van der Waals surface area contributed by atoms with E-state index in [4.69, 9.17) is 4.74 Å². The molecule has 0 fully saturated rings. The first kappa shape index (κ1) is 14.6. The summed E-state index contributed by atoms with van der Waals surface area (Å²) in [6, 6.07) is 17.4.